The zero-order valence-corrected chi connectivity index (χ0v) is 12.6. The maximum absolute atomic E-state index is 12.8. The number of rotatable bonds is 3. The van der Waals surface area contributed by atoms with Crippen LogP contribution in [0.3, 0.4) is 0 Å². The molecule has 2 amide bonds. The molecule has 9 heteroatoms. The zero-order valence-electron chi connectivity index (χ0n) is 12.6. The summed E-state index contributed by atoms with van der Waals surface area (Å²) in [5.41, 5.74) is 9.26. The lowest BCUT2D eigenvalue weighted by Gasteiger charge is -2.20. The van der Waals surface area contributed by atoms with Gasteiger partial charge in [-0.25, -0.2) is 0 Å². The Balaban J connectivity index is 2.05. The highest BCUT2D eigenvalue weighted by Gasteiger charge is 2.42. The molecule has 3 rings (SSSR count). The van der Waals surface area contributed by atoms with Gasteiger partial charge in [0, 0.05) is 17.5 Å². The summed E-state index contributed by atoms with van der Waals surface area (Å²) in [5.74, 6) is 0.214. The Morgan fingerprint density at radius 1 is 1.30 bits per heavy atom. The normalized spacial score (nSPS) is 22.4. The van der Waals surface area contributed by atoms with Gasteiger partial charge in [-0.05, 0) is 18.0 Å². The van der Waals surface area contributed by atoms with E-state index in [1.165, 1.54) is 19.1 Å². The highest BCUT2D eigenvalue weighted by atomic mass is 16.5. The van der Waals surface area contributed by atoms with E-state index in [0.717, 1.165) is 0 Å². The summed E-state index contributed by atoms with van der Waals surface area (Å²) in [6.07, 6.45) is 0.309. The van der Waals surface area contributed by atoms with E-state index in [9.17, 15) is 9.59 Å². The van der Waals surface area contributed by atoms with Crippen LogP contribution in [0.2, 0.25) is 0 Å². The fraction of sp³-hybridized carbons (Fsp3) is 0.429. The first-order valence-electron chi connectivity index (χ1n) is 7.01. The highest BCUT2D eigenvalue weighted by Crippen LogP contribution is 2.37. The van der Waals surface area contributed by atoms with Gasteiger partial charge < -0.3 is 19.7 Å². The molecule has 23 heavy (non-hydrogen) atoms. The van der Waals surface area contributed by atoms with E-state index < -0.39 is 12.1 Å². The minimum Gasteiger partial charge on any atom is -0.493 e. The minimum absolute atomic E-state index is 0.217. The second-order valence-electron chi connectivity index (χ2n) is 5.31. The molecule has 1 fully saturated rings. The van der Waals surface area contributed by atoms with Crippen LogP contribution in [0.1, 0.15) is 16.8 Å². The quantitative estimate of drug-likeness (QED) is 0.517. The van der Waals surface area contributed by atoms with Gasteiger partial charge in [-0.2, -0.15) is 0 Å². The zero-order chi connectivity index (χ0) is 16.6. The maximum Gasteiger partial charge on any atom is 0.256 e. The Hall–Kier alpha value is -2.93. The highest BCUT2D eigenvalue weighted by molar-refractivity contribution is 6.10. The number of methoxy groups -OCH3 is 2. The van der Waals surface area contributed by atoms with Crippen LogP contribution < -0.4 is 14.8 Å². The third-order valence-electron chi connectivity index (χ3n) is 4.07. The molecule has 0 aromatic heterocycles. The summed E-state index contributed by atoms with van der Waals surface area (Å²) in [5, 5.41) is 6.37. The number of azide groups is 1. The molecule has 9 nitrogen and oxygen atoms in total. The molecular formula is C14H15N5O4. The summed E-state index contributed by atoms with van der Waals surface area (Å²) in [6, 6.07) is 2.06. The van der Waals surface area contributed by atoms with Crippen LogP contribution in [0, 0.1) is 0 Å². The number of nitrogens with one attached hydrogen (secondary N) is 1. The molecule has 2 atom stereocenters. The molecule has 1 saturated heterocycles. The van der Waals surface area contributed by atoms with Crippen LogP contribution in [0.15, 0.2) is 17.2 Å². The molecule has 1 N–H and O–H groups in total. The molecule has 0 saturated carbocycles. The summed E-state index contributed by atoms with van der Waals surface area (Å²) in [7, 11) is 2.95. The maximum atomic E-state index is 12.8. The number of hydrogen-bond acceptors (Lipinski definition) is 5. The van der Waals surface area contributed by atoms with Crippen LogP contribution in [-0.4, -0.2) is 49.6 Å². The van der Waals surface area contributed by atoms with Gasteiger partial charge in [-0.3, -0.25) is 9.59 Å². The topological polar surface area (TPSA) is 117 Å². The fourth-order valence-electron chi connectivity index (χ4n) is 2.97. The van der Waals surface area contributed by atoms with E-state index in [1.54, 1.807) is 12.1 Å². The van der Waals surface area contributed by atoms with Crippen molar-refractivity contribution < 1.29 is 19.1 Å². The number of benzene rings is 1. The van der Waals surface area contributed by atoms with E-state index in [2.05, 4.69) is 15.3 Å². The van der Waals surface area contributed by atoms with Gasteiger partial charge in [-0.1, -0.05) is 5.11 Å². The Bertz CT molecular complexity index is 728. The molecule has 1 aromatic carbocycles. The Morgan fingerprint density at radius 3 is 2.65 bits per heavy atom. The van der Waals surface area contributed by atoms with Crippen LogP contribution in [0.5, 0.6) is 11.5 Å². The van der Waals surface area contributed by atoms with Crippen molar-refractivity contribution in [1.82, 2.24) is 4.90 Å². The molecule has 0 bridgehead atoms. The number of hydrogen-bond donors (Lipinski definition) is 1. The number of ether oxygens (including phenoxy) is 2. The molecule has 0 spiro atoms. The largest absolute Gasteiger partial charge is 0.493 e. The predicted octanol–water partition coefficient (Wildman–Crippen LogP) is 1.55. The average molecular weight is 317 g/mol. The van der Waals surface area contributed by atoms with Crippen LogP contribution in [0.4, 0.5) is 5.69 Å². The van der Waals surface area contributed by atoms with Gasteiger partial charge in [0.2, 0.25) is 5.91 Å². The first-order chi connectivity index (χ1) is 11.1. The van der Waals surface area contributed by atoms with Crippen molar-refractivity contribution in [3.63, 3.8) is 0 Å². The summed E-state index contributed by atoms with van der Waals surface area (Å²) in [4.78, 5) is 29.4. The molecule has 2 aliphatic rings. The number of nitrogens with zero attached hydrogens (tertiary/aromatic N) is 4. The molecule has 0 radical (unpaired) electrons. The first-order valence-corrected chi connectivity index (χ1v) is 7.01. The molecule has 0 unspecified atom stereocenters. The van der Waals surface area contributed by atoms with Gasteiger partial charge in [0.15, 0.2) is 11.5 Å². The second-order valence-corrected chi connectivity index (χ2v) is 5.31. The number of carbonyl (C=O) groups is 2. The summed E-state index contributed by atoms with van der Waals surface area (Å²) < 4.78 is 10.4. The fourth-order valence-corrected chi connectivity index (χ4v) is 2.97. The van der Waals surface area contributed by atoms with Gasteiger partial charge in [-0.15, -0.1) is 0 Å². The molecule has 2 heterocycles. The van der Waals surface area contributed by atoms with Crippen molar-refractivity contribution in [2.45, 2.75) is 18.5 Å². The van der Waals surface area contributed by atoms with Crippen molar-refractivity contribution in [3.8, 4) is 11.5 Å². The molecule has 0 aliphatic carbocycles. The molecule has 1 aromatic rings. The van der Waals surface area contributed by atoms with Crippen molar-refractivity contribution in [1.29, 1.82) is 0 Å². The minimum atomic E-state index is -0.651. The van der Waals surface area contributed by atoms with E-state index >= 15 is 0 Å². The average Bonchev–Trinajstić information content (AvgIpc) is 2.94. The van der Waals surface area contributed by atoms with E-state index in [-0.39, 0.29) is 18.4 Å². The predicted molar refractivity (Wildman–Crippen MR) is 80.6 cm³/mol. The lowest BCUT2D eigenvalue weighted by Crippen LogP contribution is -2.40. The molecule has 2 aliphatic heterocycles. The second kappa shape index (κ2) is 5.69. The van der Waals surface area contributed by atoms with Crippen LogP contribution >= 0.6 is 0 Å². The van der Waals surface area contributed by atoms with Gasteiger partial charge in [0.1, 0.15) is 6.04 Å². The molecular weight excluding hydrogens is 302 g/mol. The Labute approximate surface area is 131 Å². The SMILES string of the molecule is COc1cc2c(cc1OC)C(=O)N1C[C@@H](N=[N+]=[N-])C[C@H]1C(=O)N2. The lowest BCUT2D eigenvalue weighted by molar-refractivity contribution is -0.119. The number of carbonyl (C=O) groups excluding carboxylic acids is 2. The van der Waals surface area contributed by atoms with Gasteiger partial charge in [0.25, 0.3) is 5.91 Å². The van der Waals surface area contributed by atoms with Gasteiger partial charge >= 0.3 is 0 Å². The van der Waals surface area contributed by atoms with Crippen molar-refractivity contribution in [2.75, 3.05) is 26.1 Å². The van der Waals surface area contributed by atoms with Crippen molar-refractivity contribution in [2.24, 2.45) is 5.11 Å². The van der Waals surface area contributed by atoms with Gasteiger partial charge in [0.05, 0.1) is 31.5 Å². The first kappa shape index (κ1) is 15.0. The van der Waals surface area contributed by atoms with Crippen molar-refractivity contribution >= 4 is 17.5 Å². The van der Waals surface area contributed by atoms with E-state index in [4.69, 9.17) is 15.0 Å². The number of fused-ring (bicyclic) bond motifs is 2. The smallest absolute Gasteiger partial charge is 0.256 e. The van der Waals surface area contributed by atoms with Crippen LogP contribution in [0.25, 0.3) is 10.4 Å². The monoisotopic (exact) mass is 317 g/mol. The third-order valence-corrected chi connectivity index (χ3v) is 4.07. The number of amides is 2. The third kappa shape index (κ3) is 2.40. The van der Waals surface area contributed by atoms with Crippen LogP contribution in [-0.2, 0) is 4.79 Å². The molecule has 120 valence electrons. The summed E-state index contributed by atoms with van der Waals surface area (Å²) >= 11 is 0. The van der Waals surface area contributed by atoms with E-state index in [0.29, 0.717) is 29.2 Å². The summed E-state index contributed by atoms with van der Waals surface area (Å²) in [6.45, 7) is 0.217. The Morgan fingerprint density at radius 2 is 2.00 bits per heavy atom. The standard InChI is InChI=1S/C14H15N5O4/c1-22-11-4-8-9(5-12(11)23-2)16-13(20)10-3-7(17-18-15)6-19(10)14(8)21/h4-5,7,10H,3,6H2,1-2H3,(H,16,20)/t7-,10-/m0/s1. The van der Waals surface area contributed by atoms with E-state index in [1.807, 2.05) is 0 Å². The Kier molecular flexibility index (Phi) is 3.71. The number of anilines is 1. The lowest BCUT2D eigenvalue weighted by atomic mass is 10.1. The van der Waals surface area contributed by atoms with Crippen molar-refractivity contribution in [3.05, 3.63) is 28.1 Å².